The Bertz CT molecular complexity index is 481. The van der Waals surface area contributed by atoms with E-state index in [1.165, 1.54) is 12.8 Å². The molecule has 0 aliphatic heterocycles. The van der Waals surface area contributed by atoms with Gasteiger partial charge in [-0.3, -0.25) is 0 Å². The molecule has 0 heterocycles. The molecule has 0 bridgehead atoms. The van der Waals surface area contributed by atoms with Gasteiger partial charge in [-0.15, -0.1) is 0 Å². The molecular formula is C15H20ClNO2. The first-order chi connectivity index (χ1) is 9.14. The van der Waals surface area contributed by atoms with E-state index < -0.39 is 0 Å². The number of ether oxygens (including phenoxy) is 2. The largest absolute Gasteiger partial charge is 0.493 e. The van der Waals surface area contributed by atoms with E-state index in [1.54, 1.807) is 7.11 Å². The summed E-state index contributed by atoms with van der Waals surface area (Å²) >= 11 is 6.37. The van der Waals surface area contributed by atoms with Gasteiger partial charge in [-0.1, -0.05) is 11.6 Å². The maximum atomic E-state index is 6.45. The molecule has 0 atom stereocenters. The molecule has 1 aromatic carbocycles. The van der Waals surface area contributed by atoms with Crippen LogP contribution in [0, 0.1) is 5.92 Å². The third-order valence-electron chi connectivity index (χ3n) is 4.19. The molecule has 19 heavy (non-hydrogen) atoms. The maximum absolute atomic E-state index is 6.45. The van der Waals surface area contributed by atoms with Crippen LogP contribution in [0.5, 0.6) is 11.5 Å². The normalized spacial score (nSPS) is 20.8. The van der Waals surface area contributed by atoms with E-state index in [9.17, 15) is 0 Å². The van der Waals surface area contributed by atoms with Gasteiger partial charge in [0.1, 0.15) is 0 Å². The van der Waals surface area contributed by atoms with Crippen LogP contribution in [0.25, 0.3) is 0 Å². The summed E-state index contributed by atoms with van der Waals surface area (Å²) in [6, 6.07) is 3.71. The molecule has 2 saturated carbocycles. The van der Waals surface area contributed by atoms with E-state index in [0.29, 0.717) is 10.9 Å². The summed E-state index contributed by atoms with van der Waals surface area (Å²) in [7, 11) is 1.65. The van der Waals surface area contributed by atoms with Gasteiger partial charge in [0, 0.05) is 16.1 Å². The van der Waals surface area contributed by atoms with Crippen LogP contribution in [-0.2, 0) is 5.54 Å². The lowest BCUT2D eigenvalue weighted by molar-refractivity contribution is 0.225. The summed E-state index contributed by atoms with van der Waals surface area (Å²) in [5.41, 5.74) is 7.04. The van der Waals surface area contributed by atoms with Crippen molar-refractivity contribution >= 4 is 11.6 Å². The fourth-order valence-corrected chi connectivity index (χ4v) is 2.94. The molecule has 104 valence electrons. The molecule has 0 amide bonds. The van der Waals surface area contributed by atoms with Crippen LogP contribution in [-0.4, -0.2) is 13.7 Å². The highest BCUT2D eigenvalue weighted by Gasteiger charge is 2.40. The second-order valence-electron chi connectivity index (χ2n) is 5.72. The second kappa shape index (κ2) is 4.88. The average molecular weight is 282 g/mol. The summed E-state index contributed by atoms with van der Waals surface area (Å²) in [6.45, 7) is 0.736. The molecule has 3 rings (SSSR count). The smallest absolute Gasteiger partial charge is 0.167 e. The molecular weight excluding hydrogens is 262 g/mol. The van der Waals surface area contributed by atoms with Gasteiger partial charge in [0.2, 0.25) is 0 Å². The Labute approximate surface area is 119 Å². The van der Waals surface area contributed by atoms with Crippen LogP contribution in [0.15, 0.2) is 12.1 Å². The number of hydrogen-bond donors (Lipinski definition) is 1. The predicted octanol–water partition coefficient (Wildman–Crippen LogP) is 3.48. The molecule has 2 N–H and O–H groups in total. The average Bonchev–Trinajstić information content (AvgIpc) is 3.17. The standard InChI is InChI=1S/C15H20ClNO2/c1-18-12-6-5-11(16)13(15(17)7-2-8-15)14(12)19-9-10-3-4-10/h5-6,10H,2-4,7-9,17H2,1H3. The van der Waals surface area contributed by atoms with Crippen LogP contribution in [0.3, 0.4) is 0 Å². The van der Waals surface area contributed by atoms with Crippen molar-refractivity contribution in [3.8, 4) is 11.5 Å². The van der Waals surface area contributed by atoms with Crippen molar-refractivity contribution in [1.82, 2.24) is 0 Å². The number of hydrogen-bond acceptors (Lipinski definition) is 3. The lowest BCUT2D eigenvalue weighted by atomic mass is 9.72. The second-order valence-corrected chi connectivity index (χ2v) is 6.13. The topological polar surface area (TPSA) is 44.5 Å². The zero-order valence-corrected chi connectivity index (χ0v) is 12.0. The van der Waals surface area contributed by atoms with Crippen LogP contribution in [0.2, 0.25) is 5.02 Å². The first-order valence-electron chi connectivity index (χ1n) is 6.93. The first kappa shape index (κ1) is 13.1. The first-order valence-corrected chi connectivity index (χ1v) is 7.30. The molecule has 0 radical (unpaired) electrons. The molecule has 1 aromatic rings. The quantitative estimate of drug-likeness (QED) is 0.899. The fraction of sp³-hybridized carbons (Fsp3) is 0.600. The highest BCUT2D eigenvalue weighted by molar-refractivity contribution is 6.31. The minimum absolute atomic E-state index is 0.343. The minimum Gasteiger partial charge on any atom is -0.493 e. The predicted molar refractivity (Wildman–Crippen MR) is 75.9 cm³/mol. The number of nitrogens with two attached hydrogens (primary N) is 1. The van der Waals surface area contributed by atoms with Gasteiger partial charge in [-0.25, -0.2) is 0 Å². The Hall–Kier alpha value is -0.930. The van der Waals surface area contributed by atoms with E-state index in [0.717, 1.165) is 42.9 Å². The molecule has 0 aromatic heterocycles. The van der Waals surface area contributed by atoms with Crippen LogP contribution in [0.1, 0.15) is 37.7 Å². The Morgan fingerprint density at radius 2 is 2.11 bits per heavy atom. The van der Waals surface area contributed by atoms with E-state index in [2.05, 4.69) is 0 Å². The van der Waals surface area contributed by atoms with Crippen molar-refractivity contribution in [3.05, 3.63) is 22.7 Å². The van der Waals surface area contributed by atoms with Crippen LogP contribution < -0.4 is 15.2 Å². The number of rotatable bonds is 5. The van der Waals surface area contributed by atoms with Gasteiger partial charge >= 0.3 is 0 Å². The van der Waals surface area contributed by atoms with E-state index in [1.807, 2.05) is 12.1 Å². The van der Waals surface area contributed by atoms with Gasteiger partial charge in [-0.2, -0.15) is 0 Å². The number of halogens is 1. The highest BCUT2D eigenvalue weighted by Crippen LogP contribution is 2.49. The van der Waals surface area contributed by atoms with Gasteiger partial charge in [-0.05, 0) is 50.2 Å². The maximum Gasteiger partial charge on any atom is 0.167 e. The highest BCUT2D eigenvalue weighted by atomic mass is 35.5. The lowest BCUT2D eigenvalue weighted by Gasteiger charge is -2.40. The minimum atomic E-state index is -0.343. The molecule has 0 saturated heterocycles. The Kier molecular flexibility index (Phi) is 3.35. The Balaban J connectivity index is 1.97. The van der Waals surface area contributed by atoms with Crippen molar-refractivity contribution in [2.75, 3.05) is 13.7 Å². The number of benzene rings is 1. The molecule has 2 aliphatic rings. The van der Waals surface area contributed by atoms with Crippen molar-refractivity contribution in [2.45, 2.75) is 37.6 Å². The van der Waals surface area contributed by atoms with Crippen molar-refractivity contribution in [2.24, 2.45) is 11.7 Å². The summed E-state index contributed by atoms with van der Waals surface area (Å²) in [5.74, 6) is 2.17. The van der Waals surface area contributed by atoms with Crippen molar-refractivity contribution in [3.63, 3.8) is 0 Å². The van der Waals surface area contributed by atoms with Crippen LogP contribution >= 0.6 is 11.6 Å². The molecule has 4 heteroatoms. The Morgan fingerprint density at radius 1 is 1.37 bits per heavy atom. The summed E-state index contributed by atoms with van der Waals surface area (Å²) in [4.78, 5) is 0. The summed E-state index contributed by atoms with van der Waals surface area (Å²) < 4.78 is 11.4. The van der Waals surface area contributed by atoms with Gasteiger partial charge in [0.25, 0.3) is 0 Å². The fourth-order valence-electron chi connectivity index (χ4n) is 2.60. The van der Waals surface area contributed by atoms with E-state index in [4.69, 9.17) is 26.8 Å². The zero-order chi connectivity index (χ0) is 13.5. The molecule has 2 aliphatic carbocycles. The van der Waals surface area contributed by atoms with Gasteiger partial charge in [0.05, 0.1) is 13.7 Å². The zero-order valence-electron chi connectivity index (χ0n) is 11.2. The van der Waals surface area contributed by atoms with Crippen molar-refractivity contribution < 1.29 is 9.47 Å². The number of methoxy groups -OCH3 is 1. The lowest BCUT2D eigenvalue weighted by Crippen LogP contribution is -2.44. The van der Waals surface area contributed by atoms with Gasteiger partial charge in [0.15, 0.2) is 11.5 Å². The Morgan fingerprint density at radius 3 is 2.63 bits per heavy atom. The summed E-state index contributed by atoms with van der Waals surface area (Å²) in [5, 5.41) is 0.689. The third kappa shape index (κ3) is 2.41. The van der Waals surface area contributed by atoms with E-state index >= 15 is 0 Å². The molecule has 2 fully saturated rings. The SMILES string of the molecule is COc1ccc(Cl)c(C2(N)CCC2)c1OCC1CC1. The molecule has 0 spiro atoms. The summed E-state index contributed by atoms with van der Waals surface area (Å²) in [6.07, 6.45) is 5.57. The molecule has 3 nitrogen and oxygen atoms in total. The van der Waals surface area contributed by atoms with Crippen molar-refractivity contribution in [1.29, 1.82) is 0 Å². The van der Waals surface area contributed by atoms with Gasteiger partial charge < -0.3 is 15.2 Å². The molecule has 0 unspecified atom stereocenters. The van der Waals surface area contributed by atoms with Crippen LogP contribution in [0.4, 0.5) is 0 Å². The van der Waals surface area contributed by atoms with E-state index in [-0.39, 0.29) is 5.54 Å². The third-order valence-corrected chi connectivity index (χ3v) is 4.51. The monoisotopic (exact) mass is 281 g/mol.